The number of fused-ring (bicyclic) bond motifs is 5. The molecule has 0 saturated heterocycles. The molecule has 0 radical (unpaired) electrons. The summed E-state index contributed by atoms with van der Waals surface area (Å²) in [6.07, 6.45) is 25.7. The van der Waals surface area contributed by atoms with Crippen molar-refractivity contribution in [3.63, 3.8) is 0 Å². The number of hydrogen-bond acceptors (Lipinski definition) is 0. The number of hydrogen-bond donors (Lipinski definition) is 0. The van der Waals surface area contributed by atoms with Crippen molar-refractivity contribution in [2.24, 2.45) is 35.2 Å². The van der Waals surface area contributed by atoms with Gasteiger partial charge in [-0.1, -0.05) is 165 Å². The molecule has 5 fully saturated rings. The molecule has 5 saturated carbocycles. The zero-order chi connectivity index (χ0) is 86.9. The molecular weight excluding hydrogens is 1510 g/mol. The van der Waals surface area contributed by atoms with Crippen LogP contribution in [0.2, 0.25) is 0 Å². The predicted molar refractivity (Wildman–Crippen MR) is 516 cm³/mol. The lowest BCUT2D eigenvalue weighted by molar-refractivity contribution is -0.633. The second-order valence-electron chi connectivity index (χ2n) is 38.0. The fourth-order valence-corrected chi connectivity index (χ4v) is 21.9. The van der Waals surface area contributed by atoms with Crippen molar-refractivity contribution < 1.29 is 31.6 Å². The van der Waals surface area contributed by atoms with Gasteiger partial charge in [0, 0.05) is 116 Å². The van der Waals surface area contributed by atoms with Gasteiger partial charge in [-0.2, -0.15) is 22.8 Å². The summed E-state index contributed by atoms with van der Waals surface area (Å²) in [7, 11) is 10.8. The van der Waals surface area contributed by atoms with E-state index in [-0.39, 0.29) is 11.6 Å². The number of pyridine rings is 5. The first-order valence-corrected chi connectivity index (χ1v) is 46.7. The highest BCUT2D eigenvalue weighted by molar-refractivity contribution is 5.86. The van der Waals surface area contributed by atoms with Crippen molar-refractivity contribution in [1.82, 2.24) is 0 Å². The van der Waals surface area contributed by atoms with Gasteiger partial charge < -0.3 is 0 Å². The third-order valence-corrected chi connectivity index (χ3v) is 29.5. The smallest absolute Gasteiger partial charge is 0.207 e. The highest BCUT2D eigenvalue weighted by atomic mass is 19.1. The lowest BCUT2D eigenvalue weighted by atomic mass is 9.92. The summed E-state index contributed by atoms with van der Waals surface area (Å²) >= 11 is 0. The Kier molecular flexibility index (Phi) is 26.2. The highest BCUT2D eigenvalue weighted by Crippen LogP contribution is 2.44. The van der Waals surface area contributed by atoms with E-state index in [0.717, 1.165) is 76.4 Å². The third-order valence-electron chi connectivity index (χ3n) is 29.5. The van der Waals surface area contributed by atoms with Gasteiger partial charge in [-0.25, -0.2) is 8.78 Å². The highest BCUT2D eigenvalue weighted by Gasteiger charge is 2.31. The molecule has 7 heteroatoms. The van der Waals surface area contributed by atoms with Crippen LogP contribution < -0.4 is 22.8 Å². The molecule has 0 bridgehead atoms. The lowest BCUT2D eigenvalue weighted by Crippen LogP contribution is -2.32. The maximum absolute atomic E-state index is 14.6. The largest absolute Gasteiger partial charge is 0.213 e. The van der Waals surface area contributed by atoms with E-state index < -0.39 is 0 Å². The summed E-state index contributed by atoms with van der Waals surface area (Å²) < 4.78 is 40.8. The zero-order valence-corrected chi connectivity index (χ0v) is 77.3. The maximum atomic E-state index is 14.6. The summed E-state index contributed by atoms with van der Waals surface area (Å²) in [5.74, 6) is 2.94. The molecule has 0 spiro atoms. The van der Waals surface area contributed by atoms with Crippen molar-refractivity contribution in [3.05, 3.63) is 325 Å². The molecule has 0 atom stereocenters. The molecule has 0 unspecified atom stereocenters. The van der Waals surface area contributed by atoms with Gasteiger partial charge in [-0.05, 0) is 323 Å². The number of halogens is 2. The number of nitrogens with zero attached hydrogens (tertiary/aromatic N) is 5. The first-order valence-electron chi connectivity index (χ1n) is 46.7. The number of rotatable bonds is 10. The molecule has 10 aromatic carbocycles. The Bertz CT molecular complexity index is 6390. The minimum absolute atomic E-state index is 0.0427. The molecular formula is C117H132F2N5+5. The van der Waals surface area contributed by atoms with Crippen molar-refractivity contribution >= 4 is 54.5 Å². The Hall–Kier alpha value is -10.9. The second kappa shape index (κ2) is 37.5. The molecule has 634 valence electrons. The molecule has 5 aromatic heterocycles. The standard InChI is InChI=1S/2C24H28N.2C23H25FN.C23H26N/c1-16-14-17(2)18(3)22(15-16)24-13-12-21-20(19-8-5-6-9-19)10-7-11-23(21)25(24)4;1-16-13-17(2)18(3)22(14-16)23-12-11-20-9-10-21(15-24(20)25(23)4)19-7-5-6-8-19;1-15-8-9-16(2)19(14-15)22-12-10-18-21(25(22)3)13-11-20(24)23(18)17-6-4-5-7-17;1-15-8-9-16(2)19(12-15)22-11-10-18-13-21(24)20(14-23(18)25(22)3)17-6-4-5-7-17;1-16-8-9-17(2)21(14-16)22-13-12-19-10-11-20(15-23(19)24(22)3)18-6-4-5-7-18/h7,10-15,19H,5-6,8-9H2,1-4H3;9-15,19H,5-8H2,1-4H3;2*8-14,17H,4-7H2,1-3H3;8-15,18H,4-7H2,1-3H3/q5*+1. The summed E-state index contributed by atoms with van der Waals surface area (Å²) in [4.78, 5) is 0. The van der Waals surface area contributed by atoms with E-state index in [2.05, 4.69) is 335 Å². The van der Waals surface area contributed by atoms with Gasteiger partial charge in [-0.3, -0.25) is 0 Å². The molecule has 20 rings (SSSR count). The monoisotopic (exact) mass is 1650 g/mol. The van der Waals surface area contributed by atoms with Crippen LogP contribution in [0.15, 0.2) is 218 Å². The minimum Gasteiger partial charge on any atom is -0.207 e. The van der Waals surface area contributed by atoms with E-state index in [9.17, 15) is 8.78 Å². The molecule has 124 heavy (non-hydrogen) atoms. The lowest BCUT2D eigenvalue weighted by Gasteiger charge is -2.14. The van der Waals surface area contributed by atoms with Gasteiger partial charge in [0.15, 0.2) is 0 Å². The topological polar surface area (TPSA) is 19.4 Å². The molecule has 5 aliphatic carbocycles. The van der Waals surface area contributed by atoms with Gasteiger partial charge >= 0.3 is 0 Å². The van der Waals surface area contributed by atoms with Crippen LogP contribution in [0.25, 0.3) is 111 Å². The number of benzene rings is 10. The van der Waals surface area contributed by atoms with Crippen molar-refractivity contribution in [1.29, 1.82) is 0 Å². The molecule has 0 N–H and O–H groups in total. The molecule has 15 aromatic rings. The Balaban J connectivity index is 0.000000115. The SMILES string of the molecule is Cc1cc(C)c(C)c(-c2ccc3c(C4CCCC4)cccc3[n+]2C)c1.Cc1cc(C)c(C)c(-c2ccc3ccc(C4CCCC4)cc3[n+]2C)c1.Cc1ccc(C)c(-c2ccc3c(C4CCCC4)c(F)ccc3[n+]2C)c1.Cc1ccc(C)c(-c2ccc3cc(F)c(C4CCCC4)cc3[n+]2C)c1.Cc1ccc(C)c(-c2ccc3ccc(C4CCCC4)cc3[n+]2C)c1. The van der Waals surface area contributed by atoms with Gasteiger partial charge in [0.2, 0.25) is 56.1 Å². The third kappa shape index (κ3) is 18.1. The quantitative estimate of drug-likeness (QED) is 0.122. The molecule has 5 heterocycles. The molecule has 0 aliphatic heterocycles. The molecule has 0 amide bonds. The Morgan fingerprint density at radius 2 is 0.573 bits per heavy atom. The average Bonchev–Trinajstić information content (AvgIpc) is 1.14. The summed E-state index contributed by atoms with van der Waals surface area (Å²) in [5.41, 5.74) is 41.4. The summed E-state index contributed by atoms with van der Waals surface area (Å²) in [6, 6.07) is 79.7. The minimum atomic E-state index is -0.0427. The number of aryl methyl sites for hydroxylation is 15. The van der Waals surface area contributed by atoms with Gasteiger partial charge in [0.05, 0.1) is 5.39 Å². The fraction of sp³-hybridized carbons (Fsp3) is 0.359. The first-order chi connectivity index (χ1) is 59.8. The summed E-state index contributed by atoms with van der Waals surface area (Å²) in [6.45, 7) is 26.2. The van der Waals surface area contributed by atoms with E-state index in [1.54, 1.807) is 17.7 Å². The van der Waals surface area contributed by atoms with E-state index in [4.69, 9.17) is 0 Å². The maximum Gasteiger partial charge on any atom is 0.213 e. The predicted octanol–water partition coefficient (Wildman–Crippen LogP) is 28.9. The van der Waals surface area contributed by atoms with Crippen LogP contribution in [-0.4, -0.2) is 0 Å². The molecule has 5 aliphatic rings. The number of aromatic nitrogens is 5. The Morgan fingerprint density at radius 3 is 1.01 bits per heavy atom. The van der Waals surface area contributed by atoms with E-state index in [0.29, 0.717) is 11.8 Å². The van der Waals surface area contributed by atoms with Crippen molar-refractivity contribution in [2.75, 3.05) is 0 Å². The average molecular weight is 1650 g/mol. The van der Waals surface area contributed by atoms with Crippen molar-refractivity contribution in [2.45, 2.75) is 241 Å². The van der Waals surface area contributed by atoms with Crippen LogP contribution >= 0.6 is 0 Å². The molecule has 5 nitrogen and oxygen atoms in total. The zero-order valence-electron chi connectivity index (χ0n) is 77.3. The van der Waals surface area contributed by atoms with E-state index >= 15 is 0 Å². The van der Waals surface area contributed by atoms with Crippen LogP contribution in [-0.2, 0) is 35.2 Å². The Labute approximate surface area is 738 Å². The van der Waals surface area contributed by atoms with Crippen LogP contribution in [0.1, 0.15) is 253 Å². The van der Waals surface area contributed by atoms with Crippen LogP contribution in [0.3, 0.4) is 0 Å². The normalized spacial score (nSPS) is 15.2. The Morgan fingerprint density at radius 1 is 0.234 bits per heavy atom. The summed E-state index contributed by atoms with van der Waals surface area (Å²) in [5, 5.41) is 6.13. The van der Waals surface area contributed by atoms with Crippen LogP contribution in [0, 0.1) is 94.7 Å². The second-order valence-corrected chi connectivity index (χ2v) is 38.0. The van der Waals surface area contributed by atoms with Crippen LogP contribution in [0.4, 0.5) is 8.78 Å². The van der Waals surface area contributed by atoms with Gasteiger partial charge in [-0.15, -0.1) is 0 Å². The van der Waals surface area contributed by atoms with Crippen molar-refractivity contribution in [3.8, 4) is 56.3 Å². The van der Waals surface area contributed by atoms with Gasteiger partial charge in [0.25, 0.3) is 0 Å². The van der Waals surface area contributed by atoms with E-state index in [1.807, 2.05) is 12.1 Å². The van der Waals surface area contributed by atoms with Crippen LogP contribution in [0.5, 0.6) is 0 Å². The fourth-order valence-electron chi connectivity index (χ4n) is 21.9. The van der Waals surface area contributed by atoms with Gasteiger partial charge in [0.1, 0.15) is 46.9 Å². The van der Waals surface area contributed by atoms with E-state index in [1.165, 1.54) is 270 Å². The first kappa shape index (κ1) is 86.6.